The fraction of sp³-hybridized carbons (Fsp3) is 0.500. The molecule has 0 spiro atoms. The third-order valence-corrected chi connectivity index (χ3v) is 7.10. The maximum Gasteiger partial charge on any atom is 0.335 e. The summed E-state index contributed by atoms with van der Waals surface area (Å²) in [4.78, 5) is 11.2. The molecule has 0 atom stereocenters. The van der Waals surface area contributed by atoms with Gasteiger partial charge in [-0.3, -0.25) is 0 Å². The summed E-state index contributed by atoms with van der Waals surface area (Å²) in [5.74, 6) is -0.883. The zero-order valence-electron chi connectivity index (χ0n) is 20.8. The fourth-order valence-corrected chi connectivity index (χ4v) is 5.60. The summed E-state index contributed by atoms with van der Waals surface area (Å²) in [5.41, 5.74) is 8.83. The molecule has 0 bridgehead atoms. The van der Waals surface area contributed by atoms with Gasteiger partial charge in [-0.15, -0.1) is 0 Å². The number of unbranched alkanes of at least 4 members (excludes halogenated alkanes) is 4. The first-order valence-electron chi connectivity index (χ1n) is 12.2. The molecule has 0 amide bonds. The molecule has 32 heavy (non-hydrogen) atoms. The maximum atomic E-state index is 11.2. The average Bonchev–Trinajstić information content (AvgIpc) is 2.90. The number of carboxylic acid groups (broad SMARTS) is 1. The minimum absolute atomic E-state index is 0.177. The van der Waals surface area contributed by atoms with Gasteiger partial charge in [0.25, 0.3) is 0 Å². The number of carbonyl (C=O) groups is 1. The summed E-state index contributed by atoms with van der Waals surface area (Å²) in [6.45, 7) is 14.0. The van der Waals surface area contributed by atoms with E-state index in [1.807, 2.05) is 12.1 Å². The van der Waals surface area contributed by atoms with Crippen LogP contribution in [0.15, 0.2) is 36.4 Å². The van der Waals surface area contributed by atoms with Crippen molar-refractivity contribution in [3.63, 3.8) is 0 Å². The molecule has 2 nitrogen and oxygen atoms in total. The van der Waals surface area contributed by atoms with Crippen LogP contribution in [-0.4, -0.2) is 11.1 Å². The molecule has 2 aromatic rings. The highest BCUT2D eigenvalue weighted by Gasteiger charge is 2.42. The van der Waals surface area contributed by atoms with Crippen molar-refractivity contribution in [2.45, 2.75) is 97.3 Å². The summed E-state index contributed by atoms with van der Waals surface area (Å²) >= 11 is 0. The molecular weight excluding hydrogens is 392 g/mol. The second-order valence-corrected chi connectivity index (χ2v) is 10.9. The van der Waals surface area contributed by atoms with E-state index in [9.17, 15) is 9.90 Å². The molecule has 172 valence electrons. The van der Waals surface area contributed by atoms with Crippen LogP contribution in [0.4, 0.5) is 0 Å². The third kappa shape index (κ3) is 5.34. The normalized spacial score (nSPS) is 16.8. The van der Waals surface area contributed by atoms with Crippen molar-refractivity contribution in [2.24, 2.45) is 0 Å². The number of rotatable bonds is 9. The van der Waals surface area contributed by atoms with Crippen LogP contribution in [0.5, 0.6) is 0 Å². The molecule has 1 aliphatic rings. The number of carboxylic acids is 1. The van der Waals surface area contributed by atoms with Crippen LogP contribution in [-0.2, 0) is 17.3 Å². The molecule has 1 N–H and O–H groups in total. The lowest BCUT2D eigenvalue weighted by Crippen LogP contribution is -2.18. The van der Waals surface area contributed by atoms with E-state index in [0.29, 0.717) is 5.56 Å². The van der Waals surface area contributed by atoms with Crippen LogP contribution >= 0.6 is 0 Å². The Labute approximate surface area is 194 Å². The van der Waals surface area contributed by atoms with Gasteiger partial charge in [-0.25, -0.2) is 4.79 Å². The van der Waals surface area contributed by atoms with Crippen molar-refractivity contribution in [2.75, 3.05) is 0 Å². The van der Waals surface area contributed by atoms with E-state index < -0.39 is 5.97 Å². The Hall–Kier alpha value is -2.35. The second kappa shape index (κ2) is 9.65. The summed E-state index contributed by atoms with van der Waals surface area (Å²) < 4.78 is 0. The van der Waals surface area contributed by atoms with Crippen LogP contribution in [0.3, 0.4) is 0 Å². The summed E-state index contributed by atoms with van der Waals surface area (Å²) in [5, 5.41) is 9.17. The molecule has 0 aromatic heterocycles. The van der Waals surface area contributed by atoms with Crippen LogP contribution in [0.25, 0.3) is 11.6 Å². The lowest BCUT2D eigenvalue weighted by Gasteiger charge is -2.22. The van der Waals surface area contributed by atoms with Crippen molar-refractivity contribution in [3.05, 3.63) is 69.8 Å². The predicted octanol–water partition coefficient (Wildman–Crippen LogP) is 8.42. The number of hydrogen-bond acceptors (Lipinski definition) is 1. The lowest BCUT2D eigenvalue weighted by atomic mass is 9.82. The highest BCUT2D eigenvalue weighted by Crippen LogP contribution is 2.50. The van der Waals surface area contributed by atoms with Crippen molar-refractivity contribution >= 4 is 17.6 Å². The summed E-state index contributed by atoms with van der Waals surface area (Å²) in [6, 6.07) is 12.1. The average molecular weight is 433 g/mol. The number of fused-ring (bicyclic) bond motifs is 1. The van der Waals surface area contributed by atoms with Gasteiger partial charge in [0.05, 0.1) is 5.56 Å². The van der Waals surface area contributed by atoms with E-state index in [-0.39, 0.29) is 10.8 Å². The maximum absolute atomic E-state index is 11.2. The van der Waals surface area contributed by atoms with Crippen LogP contribution < -0.4 is 0 Å². The first kappa shape index (κ1) is 24.3. The van der Waals surface area contributed by atoms with Gasteiger partial charge >= 0.3 is 5.97 Å². The monoisotopic (exact) mass is 432 g/mol. The van der Waals surface area contributed by atoms with E-state index >= 15 is 0 Å². The molecule has 0 unspecified atom stereocenters. The highest BCUT2D eigenvalue weighted by molar-refractivity contribution is 5.88. The van der Waals surface area contributed by atoms with E-state index in [0.717, 1.165) is 12.0 Å². The van der Waals surface area contributed by atoms with Crippen molar-refractivity contribution < 1.29 is 9.90 Å². The Bertz CT molecular complexity index is 990. The predicted molar refractivity (Wildman–Crippen MR) is 137 cm³/mol. The number of aryl methyl sites for hydroxylation is 1. The van der Waals surface area contributed by atoms with Gasteiger partial charge in [0, 0.05) is 0 Å². The van der Waals surface area contributed by atoms with Crippen LogP contribution in [0, 0.1) is 0 Å². The van der Waals surface area contributed by atoms with Crippen molar-refractivity contribution in [1.82, 2.24) is 0 Å². The molecular formula is C30H40O2. The fourth-order valence-electron chi connectivity index (χ4n) is 5.60. The van der Waals surface area contributed by atoms with E-state index in [4.69, 9.17) is 0 Å². The molecule has 2 aromatic carbocycles. The Morgan fingerprint density at radius 1 is 0.938 bits per heavy atom. The zero-order chi connectivity index (χ0) is 23.5. The van der Waals surface area contributed by atoms with Gasteiger partial charge in [0.2, 0.25) is 0 Å². The van der Waals surface area contributed by atoms with Crippen LogP contribution in [0.2, 0.25) is 0 Å². The number of aromatic carboxylic acids is 1. The smallest absolute Gasteiger partial charge is 0.335 e. The molecule has 2 heteroatoms. The number of allylic oxidation sites excluding steroid dienone is 1. The Morgan fingerprint density at radius 3 is 2.12 bits per heavy atom. The molecule has 1 aliphatic carbocycles. The topological polar surface area (TPSA) is 37.3 Å². The molecule has 0 radical (unpaired) electrons. The minimum Gasteiger partial charge on any atom is -0.478 e. The first-order valence-corrected chi connectivity index (χ1v) is 12.2. The van der Waals surface area contributed by atoms with Crippen LogP contribution in [0.1, 0.15) is 118 Å². The van der Waals surface area contributed by atoms with E-state index in [1.165, 1.54) is 66.4 Å². The molecule has 0 saturated heterocycles. The molecule has 0 fully saturated rings. The van der Waals surface area contributed by atoms with Gasteiger partial charge in [0.1, 0.15) is 0 Å². The first-order chi connectivity index (χ1) is 15.0. The minimum atomic E-state index is -0.883. The summed E-state index contributed by atoms with van der Waals surface area (Å²) in [6.07, 6.45) is 10.9. The molecule has 3 rings (SSSR count). The van der Waals surface area contributed by atoms with Crippen molar-refractivity contribution in [3.8, 4) is 0 Å². The third-order valence-electron chi connectivity index (χ3n) is 7.10. The number of hydrogen-bond donors (Lipinski definition) is 1. The van der Waals surface area contributed by atoms with Gasteiger partial charge in [0.15, 0.2) is 0 Å². The van der Waals surface area contributed by atoms with Gasteiger partial charge < -0.3 is 5.11 Å². The SMILES string of the molecule is CCCCCCCc1cc2c(cc1/C(C)=C/c1ccc(C(=O)O)cc1)C(C)(C)CC2(C)C. The number of benzene rings is 2. The second-order valence-electron chi connectivity index (χ2n) is 10.9. The zero-order valence-corrected chi connectivity index (χ0v) is 20.8. The van der Waals surface area contributed by atoms with Gasteiger partial charge in [-0.05, 0) is 82.5 Å². The standard InChI is InChI=1S/C30H40O2/c1-7-8-9-10-11-12-24-18-26-27(30(5,6)20-29(26,3)4)19-25(24)21(2)17-22-13-15-23(16-14-22)28(31)32/h13-19H,7-12,20H2,1-6H3,(H,31,32)/b21-17+. The molecule has 0 aliphatic heterocycles. The van der Waals surface area contributed by atoms with Gasteiger partial charge in [-0.1, -0.05) is 90.6 Å². The molecule has 0 heterocycles. The van der Waals surface area contributed by atoms with E-state index in [1.54, 1.807) is 12.1 Å². The summed E-state index contributed by atoms with van der Waals surface area (Å²) in [7, 11) is 0. The highest BCUT2D eigenvalue weighted by atomic mass is 16.4. The lowest BCUT2D eigenvalue weighted by molar-refractivity contribution is 0.0697. The van der Waals surface area contributed by atoms with Gasteiger partial charge in [-0.2, -0.15) is 0 Å². The molecule has 0 saturated carbocycles. The van der Waals surface area contributed by atoms with E-state index in [2.05, 4.69) is 59.8 Å². The largest absolute Gasteiger partial charge is 0.478 e. The Morgan fingerprint density at radius 2 is 1.53 bits per heavy atom. The van der Waals surface area contributed by atoms with Crippen molar-refractivity contribution in [1.29, 1.82) is 0 Å². The Balaban J connectivity index is 1.99. The Kier molecular flexibility index (Phi) is 7.32. The quantitative estimate of drug-likeness (QED) is 0.319.